The topological polar surface area (TPSA) is 76.2 Å². The SMILES string of the molecule is CCc1cc(C(=O)N2CCC[C@H]([C@@H]3C[C@H](C(F)F)n4nc(C)cc4N3)C2)no1. The highest BCUT2D eigenvalue weighted by molar-refractivity contribution is 5.92. The van der Waals surface area contributed by atoms with Gasteiger partial charge in [-0.05, 0) is 32.1 Å². The number of halogens is 2. The predicted octanol–water partition coefficient (Wildman–Crippen LogP) is 3.28. The third-order valence-corrected chi connectivity index (χ3v) is 5.73. The van der Waals surface area contributed by atoms with Gasteiger partial charge in [-0.15, -0.1) is 0 Å². The van der Waals surface area contributed by atoms with Gasteiger partial charge in [0.1, 0.15) is 17.6 Å². The Labute approximate surface area is 162 Å². The van der Waals surface area contributed by atoms with Crippen molar-refractivity contribution in [3.05, 3.63) is 29.3 Å². The molecular weight excluding hydrogens is 368 g/mol. The van der Waals surface area contributed by atoms with Crippen LogP contribution in [-0.4, -0.2) is 51.3 Å². The molecule has 0 aromatic carbocycles. The van der Waals surface area contributed by atoms with Crippen LogP contribution in [0.15, 0.2) is 16.7 Å². The van der Waals surface area contributed by atoms with E-state index in [0.717, 1.165) is 12.8 Å². The maximum absolute atomic E-state index is 13.6. The first kappa shape index (κ1) is 18.9. The molecule has 0 unspecified atom stereocenters. The van der Waals surface area contributed by atoms with Crippen LogP contribution >= 0.6 is 0 Å². The van der Waals surface area contributed by atoms with Crippen LogP contribution in [0.1, 0.15) is 54.2 Å². The van der Waals surface area contributed by atoms with E-state index in [1.165, 1.54) is 4.68 Å². The van der Waals surface area contributed by atoms with Crippen molar-refractivity contribution in [1.29, 1.82) is 0 Å². The Morgan fingerprint density at radius 1 is 1.43 bits per heavy atom. The van der Waals surface area contributed by atoms with Gasteiger partial charge in [-0.3, -0.25) is 4.79 Å². The zero-order chi connectivity index (χ0) is 19.8. The summed E-state index contributed by atoms with van der Waals surface area (Å²) in [6, 6.07) is 2.42. The van der Waals surface area contributed by atoms with E-state index in [4.69, 9.17) is 4.52 Å². The molecular formula is C19H25F2N5O2. The molecule has 0 radical (unpaired) electrons. The number of fused-ring (bicyclic) bond motifs is 1. The molecule has 9 heteroatoms. The maximum atomic E-state index is 13.6. The van der Waals surface area contributed by atoms with Crippen molar-refractivity contribution >= 4 is 11.7 Å². The number of likely N-dealkylation sites (tertiary alicyclic amines) is 1. The van der Waals surface area contributed by atoms with E-state index in [1.807, 2.05) is 6.92 Å². The van der Waals surface area contributed by atoms with Crippen LogP contribution in [0, 0.1) is 12.8 Å². The van der Waals surface area contributed by atoms with E-state index in [0.29, 0.717) is 48.9 Å². The lowest BCUT2D eigenvalue weighted by atomic mass is 9.86. The van der Waals surface area contributed by atoms with Crippen molar-refractivity contribution in [3.8, 4) is 0 Å². The molecule has 1 saturated heterocycles. The van der Waals surface area contributed by atoms with Crippen molar-refractivity contribution in [2.75, 3.05) is 18.4 Å². The summed E-state index contributed by atoms with van der Waals surface area (Å²) in [7, 11) is 0. The molecule has 3 atom stereocenters. The minimum absolute atomic E-state index is 0.0976. The molecule has 2 aromatic rings. The van der Waals surface area contributed by atoms with Crippen molar-refractivity contribution < 1.29 is 18.1 Å². The van der Waals surface area contributed by atoms with Crippen LogP contribution in [0.25, 0.3) is 0 Å². The third-order valence-electron chi connectivity index (χ3n) is 5.73. The van der Waals surface area contributed by atoms with E-state index in [-0.39, 0.29) is 17.9 Å². The number of nitrogens with one attached hydrogen (secondary N) is 1. The minimum Gasteiger partial charge on any atom is -0.367 e. The van der Waals surface area contributed by atoms with E-state index >= 15 is 0 Å². The smallest absolute Gasteiger partial charge is 0.276 e. The minimum atomic E-state index is -2.48. The monoisotopic (exact) mass is 393 g/mol. The second kappa shape index (κ2) is 7.52. The Kier molecular flexibility index (Phi) is 5.07. The fraction of sp³-hybridized carbons (Fsp3) is 0.632. The molecule has 2 aliphatic rings. The molecule has 2 aliphatic heterocycles. The predicted molar refractivity (Wildman–Crippen MR) is 98.5 cm³/mol. The average molecular weight is 393 g/mol. The molecule has 4 rings (SSSR count). The summed E-state index contributed by atoms with van der Waals surface area (Å²) < 4.78 is 33.8. The number of hydrogen-bond acceptors (Lipinski definition) is 5. The number of carbonyl (C=O) groups excluding carboxylic acids is 1. The van der Waals surface area contributed by atoms with Gasteiger partial charge in [0.05, 0.1) is 5.69 Å². The zero-order valence-electron chi connectivity index (χ0n) is 16.1. The van der Waals surface area contributed by atoms with Crippen LogP contribution in [-0.2, 0) is 6.42 Å². The molecule has 2 aromatic heterocycles. The van der Waals surface area contributed by atoms with Crippen LogP contribution < -0.4 is 5.32 Å². The van der Waals surface area contributed by atoms with Crippen molar-refractivity contribution in [1.82, 2.24) is 19.8 Å². The number of carbonyl (C=O) groups is 1. The third kappa shape index (κ3) is 3.49. The molecule has 0 spiro atoms. The van der Waals surface area contributed by atoms with Gasteiger partial charge < -0.3 is 14.7 Å². The number of piperidine rings is 1. The van der Waals surface area contributed by atoms with E-state index in [1.54, 1.807) is 24.0 Å². The number of amides is 1. The van der Waals surface area contributed by atoms with Crippen molar-refractivity contribution in [3.63, 3.8) is 0 Å². The molecule has 1 fully saturated rings. The largest absolute Gasteiger partial charge is 0.367 e. The first-order valence-corrected chi connectivity index (χ1v) is 9.82. The van der Waals surface area contributed by atoms with Crippen molar-refractivity contribution in [2.45, 2.75) is 58.0 Å². The molecule has 0 bridgehead atoms. The summed E-state index contributed by atoms with van der Waals surface area (Å²) in [6.07, 6.45) is 0.222. The molecule has 1 N–H and O–H groups in total. The fourth-order valence-electron chi connectivity index (χ4n) is 4.27. The Hall–Kier alpha value is -2.45. The summed E-state index contributed by atoms with van der Waals surface area (Å²) in [5, 5.41) is 11.5. The lowest BCUT2D eigenvalue weighted by Crippen LogP contribution is -2.48. The van der Waals surface area contributed by atoms with Gasteiger partial charge >= 0.3 is 0 Å². The molecule has 7 nitrogen and oxygen atoms in total. The van der Waals surface area contributed by atoms with Gasteiger partial charge in [0.2, 0.25) is 0 Å². The summed E-state index contributed by atoms with van der Waals surface area (Å²) in [5.41, 5.74) is 1.03. The van der Waals surface area contributed by atoms with Gasteiger partial charge in [0.25, 0.3) is 12.3 Å². The summed E-state index contributed by atoms with van der Waals surface area (Å²) in [6.45, 7) is 4.90. The second-order valence-electron chi connectivity index (χ2n) is 7.69. The fourth-order valence-corrected chi connectivity index (χ4v) is 4.27. The number of anilines is 1. The van der Waals surface area contributed by atoms with Gasteiger partial charge in [0.15, 0.2) is 5.69 Å². The lowest BCUT2D eigenvalue weighted by Gasteiger charge is -2.41. The Balaban J connectivity index is 1.49. The van der Waals surface area contributed by atoms with Crippen LogP contribution in [0.2, 0.25) is 0 Å². The summed E-state index contributed by atoms with van der Waals surface area (Å²) in [4.78, 5) is 14.5. The molecule has 28 heavy (non-hydrogen) atoms. The average Bonchev–Trinajstić information content (AvgIpc) is 3.32. The lowest BCUT2D eigenvalue weighted by molar-refractivity contribution is 0.0501. The Morgan fingerprint density at radius 3 is 2.96 bits per heavy atom. The quantitative estimate of drug-likeness (QED) is 0.863. The molecule has 152 valence electrons. The highest BCUT2D eigenvalue weighted by Crippen LogP contribution is 2.36. The second-order valence-corrected chi connectivity index (χ2v) is 7.69. The normalized spacial score (nSPS) is 24.9. The molecule has 1 amide bonds. The molecule has 0 aliphatic carbocycles. The Bertz CT molecular complexity index is 849. The summed E-state index contributed by atoms with van der Waals surface area (Å²) >= 11 is 0. The number of nitrogens with zero attached hydrogens (tertiary/aromatic N) is 4. The van der Waals surface area contributed by atoms with Gasteiger partial charge in [0, 0.05) is 37.7 Å². The molecule has 0 saturated carbocycles. The van der Waals surface area contributed by atoms with E-state index in [2.05, 4.69) is 15.6 Å². The number of alkyl halides is 2. The highest BCUT2D eigenvalue weighted by atomic mass is 19.3. The van der Waals surface area contributed by atoms with Crippen LogP contribution in [0.5, 0.6) is 0 Å². The highest BCUT2D eigenvalue weighted by Gasteiger charge is 2.39. The van der Waals surface area contributed by atoms with Gasteiger partial charge in [-0.25, -0.2) is 13.5 Å². The number of aryl methyl sites for hydroxylation is 2. The number of hydrogen-bond donors (Lipinski definition) is 1. The van der Waals surface area contributed by atoms with E-state index in [9.17, 15) is 13.6 Å². The van der Waals surface area contributed by atoms with Crippen LogP contribution in [0.4, 0.5) is 14.6 Å². The Morgan fingerprint density at radius 2 is 2.25 bits per heavy atom. The number of aromatic nitrogens is 3. The maximum Gasteiger partial charge on any atom is 0.276 e. The van der Waals surface area contributed by atoms with Crippen LogP contribution in [0.3, 0.4) is 0 Å². The van der Waals surface area contributed by atoms with Gasteiger partial charge in [-0.1, -0.05) is 12.1 Å². The first-order chi connectivity index (χ1) is 13.5. The van der Waals surface area contributed by atoms with E-state index < -0.39 is 12.5 Å². The van der Waals surface area contributed by atoms with Gasteiger partial charge in [-0.2, -0.15) is 5.10 Å². The summed E-state index contributed by atoms with van der Waals surface area (Å²) in [5.74, 6) is 1.25. The molecule has 4 heterocycles. The number of rotatable bonds is 4. The first-order valence-electron chi connectivity index (χ1n) is 9.82. The van der Waals surface area contributed by atoms with Crippen molar-refractivity contribution in [2.24, 2.45) is 5.92 Å². The zero-order valence-corrected chi connectivity index (χ0v) is 16.1. The standard InChI is InChI=1S/C19H25F2N5O2/c1-3-13-8-15(24-28-13)19(27)25-6-4-5-12(10-25)14-9-16(18(20)21)26-17(22-14)7-11(2)23-26/h7-8,12,14,16,18,22H,3-6,9-10H2,1-2H3/t12-,14-,16+/m0/s1.